The molecule has 0 aliphatic carbocycles. The predicted octanol–water partition coefficient (Wildman–Crippen LogP) is 2.21. The second-order valence-corrected chi connectivity index (χ2v) is 6.72. The summed E-state index contributed by atoms with van der Waals surface area (Å²) >= 11 is 0. The van der Waals surface area contributed by atoms with Crippen molar-refractivity contribution < 1.29 is 4.79 Å². The first kappa shape index (κ1) is 15.9. The van der Waals surface area contributed by atoms with Crippen LogP contribution in [0.2, 0.25) is 0 Å². The lowest BCUT2D eigenvalue weighted by Gasteiger charge is -2.35. The quantitative estimate of drug-likeness (QED) is 0.913. The fourth-order valence-corrected chi connectivity index (χ4v) is 3.67. The molecule has 1 N–H and O–H groups in total. The van der Waals surface area contributed by atoms with E-state index in [2.05, 4.69) is 38.4 Å². The molecule has 0 saturated carbocycles. The van der Waals surface area contributed by atoms with E-state index < -0.39 is 0 Å². The molecule has 1 atom stereocenters. The molecule has 25 heavy (non-hydrogen) atoms. The monoisotopic (exact) mass is 337 g/mol. The molecule has 2 aliphatic heterocycles. The van der Waals surface area contributed by atoms with E-state index in [9.17, 15) is 4.79 Å². The van der Waals surface area contributed by atoms with Gasteiger partial charge in [-0.05, 0) is 36.5 Å². The zero-order chi connectivity index (χ0) is 17.1. The molecule has 0 bridgehead atoms. The molecule has 6 heteroatoms. The molecule has 2 aliphatic rings. The Morgan fingerprint density at radius 3 is 2.72 bits per heavy atom. The van der Waals surface area contributed by atoms with Gasteiger partial charge in [0.1, 0.15) is 0 Å². The minimum atomic E-state index is 0.0373. The van der Waals surface area contributed by atoms with Crippen LogP contribution in [0.4, 0.5) is 10.7 Å². The molecule has 2 aromatic rings. The van der Waals surface area contributed by atoms with Gasteiger partial charge in [-0.15, -0.1) is 0 Å². The van der Waals surface area contributed by atoms with Gasteiger partial charge < -0.3 is 15.1 Å². The molecule has 0 spiro atoms. The van der Waals surface area contributed by atoms with E-state index in [0.717, 1.165) is 44.8 Å². The van der Waals surface area contributed by atoms with Gasteiger partial charge in [-0.1, -0.05) is 24.3 Å². The highest BCUT2D eigenvalue weighted by atomic mass is 16.2. The Bertz CT molecular complexity index is 736. The van der Waals surface area contributed by atoms with Crippen LogP contribution in [0.5, 0.6) is 0 Å². The van der Waals surface area contributed by atoms with E-state index in [1.165, 1.54) is 11.1 Å². The highest BCUT2D eigenvalue weighted by molar-refractivity contribution is 5.75. The normalized spacial score (nSPS) is 20.1. The third-order valence-electron chi connectivity index (χ3n) is 5.00. The number of hydrogen-bond acceptors (Lipinski definition) is 4. The van der Waals surface area contributed by atoms with E-state index >= 15 is 0 Å². The largest absolute Gasteiger partial charge is 0.339 e. The van der Waals surface area contributed by atoms with Crippen molar-refractivity contribution >= 4 is 12.0 Å². The molecule has 0 radical (unpaired) electrons. The lowest BCUT2D eigenvalue weighted by Crippen LogP contribution is -2.52. The number of piperidine rings is 1. The fourth-order valence-electron chi connectivity index (χ4n) is 3.67. The average Bonchev–Trinajstić information content (AvgIpc) is 2.68. The molecular formula is C19H23N5O. The fraction of sp³-hybridized carbons (Fsp3) is 0.421. The van der Waals surface area contributed by atoms with E-state index in [-0.39, 0.29) is 12.1 Å². The second kappa shape index (κ2) is 7.09. The van der Waals surface area contributed by atoms with Crippen molar-refractivity contribution in [3.05, 3.63) is 53.9 Å². The minimum Gasteiger partial charge on any atom is -0.339 e. The molecule has 1 fully saturated rings. The van der Waals surface area contributed by atoms with Crippen molar-refractivity contribution in [3.63, 3.8) is 0 Å². The second-order valence-electron chi connectivity index (χ2n) is 6.72. The number of anilines is 1. The summed E-state index contributed by atoms with van der Waals surface area (Å²) in [4.78, 5) is 25.4. The molecule has 6 nitrogen and oxygen atoms in total. The van der Waals surface area contributed by atoms with E-state index in [4.69, 9.17) is 0 Å². The van der Waals surface area contributed by atoms with E-state index in [1.807, 2.05) is 17.0 Å². The van der Waals surface area contributed by atoms with E-state index in [1.54, 1.807) is 12.4 Å². The molecule has 4 rings (SSSR count). The third-order valence-corrected chi connectivity index (χ3v) is 5.00. The number of nitrogens with one attached hydrogen (secondary N) is 1. The minimum absolute atomic E-state index is 0.0373. The topological polar surface area (TPSA) is 61.4 Å². The number of carbonyl (C=O) groups is 1. The first-order valence-electron chi connectivity index (χ1n) is 8.94. The van der Waals surface area contributed by atoms with Crippen LogP contribution < -0.4 is 10.2 Å². The molecule has 130 valence electrons. The molecular weight excluding hydrogens is 314 g/mol. The van der Waals surface area contributed by atoms with E-state index in [0.29, 0.717) is 6.54 Å². The third kappa shape index (κ3) is 3.57. The Balaban J connectivity index is 1.36. The van der Waals surface area contributed by atoms with Crippen LogP contribution in [-0.4, -0.2) is 46.6 Å². The number of nitrogens with zero attached hydrogens (tertiary/aromatic N) is 4. The van der Waals surface area contributed by atoms with Crippen LogP contribution in [0.15, 0.2) is 42.7 Å². The number of benzene rings is 1. The van der Waals surface area contributed by atoms with Gasteiger partial charge in [0, 0.05) is 44.6 Å². The van der Waals surface area contributed by atoms with Crippen LogP contribution in [0.3, 0.4) is 0 Å². The number of amides is 2. The first-order chi connectivity index (χ1) is 12.3. The standard InChI is InChI=1S/C19H23N5O/c25-19(24-12-8-15-5-1-2-6-16(15)13-24)22-17-7-3-11-23(14-17)18-20-9-4-10-21-18/h1-2,4-6,9-10,17H,3,7-8,11-14H2,(H,22,25)/t17-/m0/s1. The first-order valence-corrected chi connectivity index (χ1v) is 8.94. The molecule has 1 saturated heterocycles. The summed E-state index contributed by atoms with van der Waals surface area (Å²) in [5, 5.41) is 3.21. The van der Waals surface area contributed by atoms with Crippen LogP contribution in [-0.2, 0) is 13.0 Å². The van der Waals surface area contributed by atoms with Crippen LogP contribution in [0.25, 0.3) is 0 Å². The Hall–Kier alpha value is -2.63. The molecule has 2 amide bonds. The van der Waals surface area contributed by atoms with Gasteiger partial charge in [0.15, 0.2) is 0 Å². The van der Waals surface area contributed by atoms with Crippen molar-refractivity contribution in [2.45, 2.75) is 31.8 Å². The molecule has 1 aromatic carbocycles. The van der Waals surface area contributed by atoms with Crippen LogP contribution in [0.1, 0.15) is 24.0 Å². The van der Waals surface area contributed by atoms with Crippen molar-refractivity contribution in [1.29, 1.82) is 0 Å². The summed E-state index contributed by atoms with van der Waals surface area (Å²) in [6, 6.07) is 10.4. The highest BCUT2D eigenvalue weighted by Crippen LogP contribution is 2.19. The average molecular weight is 337 g/mol. The zero-order valence-corrected chi connectivity index (χ0v) is 14.3. The summed E-state index contributed by atoms with van der Waals surface area (Å²) in [5.41, 5.74) is 2.61. The van der Waals surface area contributed by atoms with Gasteiger partial charge in [0.25, 0.3) is 0 Å². The number of rotatable bonds is 2. The van der Waals surface area contributed by atoms with Gasteiger partial charge in [0.2, 0.25) is 5.95 Å². The van der Waals surface area contributed by atoms with Gasteiger partial charge in [-0.25, -0.2) is 14.8 Å². The number of hydrogen-bond donors (Lipinski definition) is 1. The lowest BCUT2D eigenvalue weighted by atomic mass is 10.0. The lowest BCUT2D eigenvalue weighted by molar-refractivity contribution is 0.186. The Morgan fingerprint density at radius 1 is 1.08 bits per heavy atom. The Labute approximate surface area is 147 Å². The van der Waals surface area contributed by atoms with Crippen molar-refractivity contribution in [3.8, 4) is 0 Å². The van der Waals surface area contributed by atoms with Crippen molar-refractivity contribution in [1.82, 2.24) is 20.2 Å². The predicted molar refractivity (Wildman–Crippen MR) is 96.4 cm³/mol. The number of carbonyl (C=O) groups excluding carboxylic acids is 1. The number of urea groups is 1. The number of aromatic nitrogens is 2. The molecule has 3 heterocycles. The van der Waals surface area contributed by atoms with Gasteiger partial charge in [0.05, 0.1) is 0 Å². The summed E-state index contributed by atoms with van der Waals surface area (Å²) < 4.78 is 0. The summed E-state index contributed by atoms with van der Waals surface area (Å²) in [7, 11) is 0. The molecule has 1 aromatic heterocycles. The molecule has 0 unspecified atom stereocenters. The SMILES string of the molecule is O=C(N[C@H]1CCCN(c2ncccn2)C1)N1CCc2ccccc2C1. The van der Waals surface area contributed by atoms with Crippen LogP contribution in [0, 0.1) is 0 Å². The maximum atomic E-state index is 12.7. The van der Waals surface area contributed by atoms with Gasteiger partial charge in [-0.3, -0.25) is 0 Å². The van der Waals surface area contributed by atoms with Crippen molar-refractivity contribution in [2.24, 2.45) is 0 Å². The Morgan fingerprint density at radius 2 is 1.88 bits per heavy atom. The summed E-state index contributed by atoms with van der Waals surface area (Å²) in [6.07, 6.45) is 6.48. The van der Waals surface area contributed by atoms with Crippen molar-refractivity contribution in [2.75, 3.05) is 24.5 Å². The highest BCUT2D eigenvalue weighted by Gasteiger charge is 2.26. The Kier molecular flexibility index (Phi) is 4.50. The summed E-state index contributed by atoms with van der Waals surface area (Å²) in [6.45, 7) is 3.18. The number of fused-ring (bicyclic) bond motifs is 1. The summed E-state index contributed by atoms with van der Waals surface area (Å²) in [5.74, 6) is 0.744. The van der Waals surface area contributed by atoms with Crippen LogP contribution >= 0.6 is 0 Å². The maximum absolute atomic E-state index is 12.7. The maximum Gasteiger partial charge on any atom is 0.317 e. The van der Waals surface area contributed by atoms with Gasteiger partial charge >= 0.3 is 6.03 Å². The van der Waals surface area contributed by atoms with Gasteiger partial charge in [-0.2, -0.15) is 0 Å². The smallest absolute Gasteiger partial charge is 0.317 e. The zero-order valence-electron chi connectivity index (χ0n) is 14.3.